The molecule has 0 bridgehead atoms. The van der Waals surface area contributed by atoms with Crippen LogP contribution in [-0.4, -0.2) is 22.4 Å². The molecule has 1 amide bonds. The van der Waals surface area contributed by atoms with Crippen molar-refractivity contribution < 1.29 is 4.79 Å². The number of hydrogen-bond acceptors (Lipinski definition) is 3. The van der Waals surface area contributed by atoms with E-state index < -0.39 is 0 Å². The molecular formula is C14H15N3O. The van der Waals surface area contributed by atoms with Crippen molar-refractivity contribution in [2.75, 3.05) is 11.4 Å². The molecule has 0 saturated carbocycles. The summed E-state index contributed by atoms with van der Waals surface area (Å²) in [5.74, 6) is 0.714. The van der Waals surface area contributed by atoms with Crippen LogP contribution < -0.4 is 4.90 Å². The molecule has 1 fully saturated rings. The lowest BCUT2D eigenvalue weighted by Crippen LogP contribution is -2.26. The highest BCUT2D eigenvalue weighted by Gasteiger charge is 2.35. The predicted octanol–water partition coefficient (Wildman–Crippen LogP) is 2.25. The second-order valence-corrected chi connectivity index (χ2v) is 4.98. The molecule has 4 heteroatoms. The molecule has 0 aliphatic carbocycles. The van der Waals surface area contributed by atoms with Crippen LogP contribution in [0.15, 0.2) is 30.7 Å². The summed E-state index contributed by atoms with van der Waals surface area (Å²) >= 11 is 0. The number of nitrogens with zero attached hydrogens (tertiary/aromatic N) is 3. The Morgan fingerprint density at radius 2 is 2.17 bits per heavy atom. The molecule has 2 heterocycles. The maximum absolute atomic E-state index is 12.1. The minimum Gasteiger partial charge on any atom is -0.312 e. The van der Waals surface area contributed by atoms with E-state index >= 15 is 0 Å². The molecule has 0 spiro atoms. The van der Waals surface area contributed by atoms with Crippen LogP contribution in [0.5, 0.6) is 0 Å². The number of carbonyl (C=O) groups excluding carboxylic acids is 1. The van der Waals surface area contributed by atoms with Crippen molar-refractivity contribution in [2.45, 2.75) is 13.8 Å². The van der Waals surface area contributed by atoms with Crippen LogP contribution in [-0.2, 0) is 4.79 Å². The Balaban J connectivity index is 2.02. The van der Waals surface area contributed by atoms with E-state index in [2.05, 4.69) is 16.9 Å². The van der Waals surface area contributed by atoms with Crippen LogP contribution in [0.25, 0.3) is 10.9 Å². The zero-order chi connectivity index (χ0) is 12.7. The van der Waals surface area contributed by atoms with E-state index in [-0.39, 0.29) is 11.8 Å². The summed E-state index contributed by atoms with van der Waals surface area (Å²) in [6.07, 6.45) is 3.31. The molecule has 0 radical (unpaired) electrons. The van der Waals surface area contributed by atoms with E-state index in [4.69, 9.17) is 0 Å². The van der Waals surface area contributed by atoms with Crippen LogP contribution >= 0.6 is 0 Å². The predicted molar refractivity (Wildman–Crippen MR) is 70.2 cm³/mol. The number of anilines is 1. The van der Waals surface area contributed by atoms with Gasteiger partial charge in [0.1, 0.15) is 6.33 Å². The molecule has 1 saturated heterocycles. The van der Waals surface area contributed by atoms with Crippen LogP contribution in [0.4, 0.5) is 5.69 Å². The van der Waals surface area contributed by atoms with E-state index in [0.717, 1.165) is 23.1 Å². The Morgan fingerprint density at radius 3 is 2.89 bits per heavy atom. The molecule has 2 unspecified atom stereocenters. The zero-order valence-electron chi connectivity index (χ0n) is 10.5. The van der Waals surface area contributed by atoms with E-state index in [0.29, 0.717) is 5.92 Å². The van der Waals surface area contributed by atoms with Crippen molar-refractivity contribution in [2.24, 2.45) is 11.8 Å². The second-order valence-electron chi connectivity index (χ2n) is 4.98. The van der Waals surface area contributed by atoms with Crippen molar-refractivity contribution in [3.05, 3.63) is 30.7 Å². The molecule has 18 heavy (non-hydrogen) atoms. The minimum atomic E-state index is 0.104. The van der Waals surface area contributed by atoms with Crippen molar-refractivity contribution in [3.8, 4) is 0 Å². The first-order valence-corrected chi connectivity index (χ1v) is 6.18. The lowest BCUT2D eigenvalue weighted by atomic mass is 10.0. The molecule has 4 nitrogen and oxygen atoms in total. The first kappa shape index (κ1) is 11.1. The Morgan fingerprint density at radius 1 is 1.33 bits per heavy atom. The normalized spacial score (nSPS) is 23.9. The molecule has 1 aliphatic rings. The van der Waals surface area contributed by atoms with Crippen molar-refractivity contribution in [3.63, 3.8) is 0 Å². The molecular weight excluding hydrogens is 226 g/mol. The molecule has 0 N–H and O–H groups in total. The third kappa shape index (κ3) is 1.65. The van der Waals surface area contributed by atoms with Gasteiger partial charge in [-0.15, -0.1) is 0 Å². The van der Waals surface area contributed by atoms with Crippen molar-refractivity contribution in [1.29, 1.82) is 0 Å². The largest absolute Gasteiger partial charge is 0.312 e. The number of aromatic nitrogens is 2. The highest BCUT2D eigenvalue weighted by molar-refractivity contribution is 5.99. The van der Waals surface area contributed by atoms with E-state index in [1.54, 1.807) is 6.20 Å². The first-order chi connectivity index (χ1) is 8.66. The van der Waals surface area contributed by atoms with E-state index in [9.17, 15) is 4.79 Å². The Kier molecular flexibility index (Phi) is 2.51. The lowest BCUT2D eigenvalue weighted by molar-refractivity contribution is -0.120. The molecule has 1 aliphatic heterocycles. The van der Waals surface area contributed by atoms with Gasteiger partial charge in [-0.2, -0.15) is 0 Å². The lowest BCUT2D eigenvalue weighted by Gasteiger charge is -2.16. The van der Waals surface area contributed by atoms with Crippen molar-refractivity contribution >= 4 is 22.5 Å². The number of amides is 1. The van der Waals surface area contributed by atoms with Gasteiger partial charge in [0.15, 0.2) is 0 Å². The summed E-state index contributed by atoms with van der Waals surface area (Å²) in [6, 6.07) is 5.88. The van der Waals surface area contributed by atoms with Crippen LogP contribution in [0.2, 0.25) is 0 Å². The highest BCUT2D eigenvalue weighted by Crippen LogP contribution is 2.30. The maximum Gasteiger partial charge on any atom is 0.230 e. The molecule has 2 atom stereocenters. The number of rotatable bonds is 1. The van der Waals surface area contributed by atoms with E-state index in [1.165, 1.54) is 6.33 Å². The fraction of sp³-hybridized carbons (Fsp3) is 0.357. The summed E-state index contributed by atoms with van der Waals surface area (Å²) in [5.41, 5.74) is 1.85. The topological polar surface area (TPSA) is 46.1 Å². The summed E-state index contributed by atoms with van der Waals surface area (Å²) in [6.45, 7) is 4.91. The minimum absolute atomic E-state index is 0.104. The zero-order valence-corrected chi connectivity index (χ0v) is 10.5. The Hall–Kier alpha value is -1.97. The monoisotopic (exact) mass is 241 g/mol. The van der Waals surface area contributed by atoms with Crippen LogP contribution in [0.1, 0.15) is 13.8 Å². The van der Waals surface area contributed by atoms with Gasteiger partial charge in [-0.3, -0.25) is 4.79 Å². The third-order valence-corrected chi connectivity index (χ3v) is 3.78. The summed E-state index contributed by atoms with van der Waals surface area (Å²) < 4.78 is 0. The number of fused-ring (bicyclic) bond motifs is 1. The SMILES string of the molecule is CC1CN(c2ccc3ncncc3c2)C(=O)C1C. The van der Waals surface area contributed by atoms with Gasteiger partial charge in [-0.05, 0) is 24.1 Å². The van der Waals surface area contributed by atoms with Gasteiger partial charge >= 0.3 is 0 Å². The molecule has 1 aromatic carbocycles. The fourth-order valence-corrected chi connectivity index (χ4v) is 2.40. The van der Waals surface area contributed by atoms with Gasteiger partial charge in [-0.25, -0.2) is 9.97 Å². The molecule has 2 aromatic rings. The number of hydrogen-bond donors (Lipinski definition) is 0. The van der Waals surface area contributed by atoms with Crippen LogP contribution in [0.3, 0.4) is 0 Å². The average Bonchev–Trinajstić information content (AvgIpc) is 2.66. The smallest absolute Gasteiger partial charge is 0.230 e. The molecule has 92 valence electrons. The highest BCUT2D eigenvalue weighted by atomic mass is 16.2. The summed E-state index contributed by atoms with van der Waals surface area (Å²) in [4.78, 5) is 22.2. The van der Waals surface area contributed by atoms with Gasteiger partial charge in [0.25, 0.3) is 0 Å². The van der Waals surface area contributed by atoms with Crippen molar-refractivity contribution in [1.82, 2.24) is 9.97 Å². The standard InChI is InChI=1S/C14H15N3O/c1-9-7-17(14(18)10(9)2)12-3-4-13-11(5-12)6-15-8-16-13/h3-6,8-10H,7H2,1-2H3. The quantitative estimate of drug-likeness (QED) is 0.769. The summed E-state index contributed by atoms with van der Waals surface area (Å²) in [7, 11) is 0. The second kappa shape index (κ2) is 4.05. The first-order valence-electron chi connectivity index (χ1n) is 6.18. The molecule has 3 rings (SSSR count). The Bertz CT molecular complexity index is 611. The van der Waals surface area contributed by atoms with Gasteiger partial charge < -0.3 is 4.90 Å². The fourth-order valence-electron chi connectivity index (χ4n) is 2.40. The third-order valence-electron chi connectivity index (χ3n) is 3.78. The number of carbonyl (C=O) groups is 1. The van der Waals surface area contributed by atoms with Crippen LogP contribution in [0, 0.1) is 11.8 Å². The number of benzene rings is 1. The van der Waals surface area contributed by atoms with E-state index in [1.807, 2.05) is 30.0 Å². The molecule has 1 aromatic heterocycles. The van der Waals surface area contributed by atoms with Gasteiger partial charge in [0.05, 0.1) is 5.52 Å². The average molecular weight is 241 g/mol. The summed E-state index contributed by atoms with van der Waals surface area (Å²) in [5, 5.41) is 0.968. The maximum atomic E-state index is 12.1. The Labute approximate surface area is 106 Å². The van der Waals surface area contributed by atoms with Gasteiger partial charge in [0, 0.05) is 29.7 Å². The van der Waals surface area contributed by atoms with Gasteiger partial charge in [0.2, 0.25) is 5.91 Å². The van der Waals surface area contributed by atoms with Gasteiger partial charge in [-0.1, -0.05) is 13.8 Å².